The van der Waals surface area contributed by atoms with Crippen molar-refractivity contribution in [3.8, 4) is 0 Å². The Kier molecular flexibility index (Phi) is 5.43. The largest absolute Gasteiger partial charge is 0.417 e. The van der Waals surface area contributed by atoms with Crippen molar-refractivity contribution >= 4 is 22.6 Å². The predicted octanol–water partition coefficient (Wildman–Crippen LogP) is 4.55. The lowest BCUT2D eigenvalue weighted by Gasteiger charge is -2.21. The number of carbonyl (C=O) groups is 1. The second kappa shape index (κ2) is 7.87. The van der Waals surface area contributed by atoms with E-state index in [0.717, 1.165) is 29.2 Å². The molecule has 174 valence electrons. The molecule has 6 nitrogen and oxygen atoms in total. The Morgan fingerprint density at radius 1 is 1.09 bits per heavy atom. The maximum absolute atomic E-state index is 13.8. The molecule has 0 radical (unpaired) electrons. The van der Waals surface area contributed by atoms with Gasteiger partial charge in [-0.3, -0.25) is 9.78 Å². The van der Waals surface area contributed by atoms with Crippen LogP contribution in [-0.4, -0.2) is 27.8 Å². The zero-order valence-corrected chi connectivity index (χ0v) is 17.0. The van der Waals surface area contributed by atoms with Gasteiger partial charge in [0.15, 0.2) is 0 Å². The minimum absolute atomic E-state index is 0.0207. The smallest absolute Gasteiger partial charge is 0.383 e. The number of pyridine rings is 2. The van der Waals surface area contributed by atoms with Crippen LogP contribution >= 0.6 is 0 Å². The normalized spacial score (nSPS) is 13.9. The number of alkyl halides is 6. The number of nitrogens with zero attached hydrogens (tertiary/aromatic N) is 3. The zero-order chi connectivity index (χ0) is 24.1. The van der Waals surface area contributed by atoms with Crippen molar-refractivity contribution < 1.29 is 35.9 Å². The number of aromatic nitrogens is 2. The fourth-order valence-corrected chi connectivity index (χ4v) is 3.64. The van der Waals surface area contributed by atoms with Gasteiger partial charge in [0.05, 0.1) is 47.7 Å². The maximum Gasteiger partial charge on any atom is 0.417 e. The van der Waals surface area contributed by atoms with Crippen molar-refractivity contribution in [2.45, 2.75) is 32.1 Å². The van der Waals surface area contributed by atoms with E-state index in [2.05, 4.69) is 9.97 Å². The average molecular weight is 470 g/mol. The molecule has 33 heavy (non-hydrogen) atoms. The van der Waals surface area contributed by atoms with E-state index < -0.39 is 35.0 Å². The quantitative estimate of drug-likeness (QED) is 0.568. The van der Waals surface area contributed by atoms with Gasteiger partial charge in [-0.05, 0) is 29.8 Å². The highest BCUT2D eigenvalue weighted by Crippen LogP contribution is 2.38. The van der Waals surface area contributed by atoms with Crippen molar-refractivity contribution in [2.75, 3.05) is 12.8 Å². The summed E-state index contributed by atoms with van der Waals surface area (Å²) in [5, 5.41) is 0.314. The number of hydrogen-bond acceptors (Lipinski definition) is 5. The van der Waals surface area contributed by atoms with Crippen LogP contribution in [0.3, 0.4) is 0 Å². The van der Waals surface area contributed by atoms with Crippen LogP contribution in [-0.2, 0) is 36.8 Å². The van der Waals surface area contributed by atoms with E-state index in [1.165, 1.54) is 7.05 Å². The zero-order valence-electron chi connectivity index (χ0n) is 17.0. The number of nitrogen functional groups attached to an aromatic ring is 1. The third kappa shape index (κ3) is 4.30. The summed E-state index contributed by atoms with van der Waals surface area (Å²) >= 11 is 0. The molecule has 4 rings (SSSR count). The van der Waals surface area contributed by atoms with E-state index in [9.17, 15) is 31.1 Å². The molecule has 0 bridgehead atoms. The minimum atomic E-state index is -4.86. The highest BCUT2D eigenvalue weighted by atomic mass is 19.4. The van der Waals surface area contributed by atoms with Crippen molar-refractivity contribution in [1.82, 2.24) is 14.9 Å². The Hall–Kier alpha value is -3.41. The third-order valence-electron chi connectivity index (χ3n) is 5.30. The van der Waals surface area contributed by atoms with E-state index >= 15 is 0 Å². The van der Waals surface area contributed by atoms with Gasteiger partial charge >= 0.3 is 12.4 Å². The summed E-state index contributed by atoms with van der Waals surface area (Å²) in [5.74, 6) is -0.914. The molecule has 0 aliphatic carbocycles. The Labute approximate surface area is 183 Å². The van der Waals surface area contributed by atoms with Gasteiger partial charge in [-0.25, -0.2) is 4.98 Å². The summed E-state index contributed by atoms with van der Waals surface area (Å²) in [6.07, 6.45) is -8.84. The molecule has 1 aliphatic heterocycles. The molecular weight excluding hydrogens is 454 g/mol. The number of nitrogens with two attached hydrogens (primary N) is 1. The van der Waals surface area contributed by atoms with Crippen LogP contribution < -0.4 is 5.73 Å². The first-order valence-electron chi connectivity index (χ1n) is 9.53. The SMILES string of the molecule is CN(Cc1ccc(C(F)(F)F)cn1)C(=O)c1cc2c3c(c(N)nc2cc1C(F)(F)F)COC3. The number of ether oxygens (including phenoxy) is 1. The first kappa shape index (κ1) is 22.8. The summed E-state index contributed by atoms with van der Waals surface area (Å²) < 4.78 is 84.8. The van der Waals surface area contributed by atoms with Crippen LogP contribution in [0.1, 0.15) is 38.3 Å². The fourth-order valence-electron chi connectivity index (χ4n) is 3.64. The molecule has 3 aromatic rings. The minimum Gasteiger partial charge on any atom is -0.383 e. The van der Waals surface area contributed by atoms with Crippen molar-refractivity contribution in [1.29, 1.82) is 0 Å². The van der Waals surface area contributed by atoms with Gasteiger partial charge in [-0.15, -0.1) is 0 Å². The number of carbonyl (C=O) groups excluding carboxylic acids is 1. The second-order valence-corrected chi connectivity index (χ2v) is 7.56. The van der Waals surface area contributed by atoms with E-state index in [0.29, 0.717) is 22.7 Å². The van der Waals surface area contributed by atoms with Crippen LogP contribution in [0.15, 0.2) is 30.5 Å². The third-order valence-corrected chi connectivity index (χ3v) is 5.30. The number of anilines is 1. The molecule has 0 saturated heterocycles. The molecule has 1 aromatic carbocycles. The van der Waals surface area contributed by atoms with Gasteiger partial charge in [0.2, 0.25) is 0 Å². The highest BCUT2D eigenvalue weighted by Gasteiger charge is 2.37. The van der Waals surface area contributed by atoms with Crippen molar-refractivity contribution in [3.05, 3.63) is 64.0 Å². The molecule has 0 fully saturated rings. The van der Waals surface area contributed by atoms with Gasteiger partial charge in [0, 0.05) is 24.2 Å². The molecule has 0 unspecified atom stereocenters. The van der Waals surface area contributed by atoms with Crippen molar-refractivity contribution in [3.63, 3.8) is 0 Å². The summed E-state index contributed by atoms with van der Waals surface area (Å²) in [5.41, 5.74) is 4.23. The Morgan fingerprint density at radius 2 is 1.79 bits per heavy atom. The number of fused-ring (bicyclic) bond motifs is 3. The summed E-state index contributed by atoms with van der Waals surface area (Å²) in [7, 11) is 1.24. The van der Waals surface area contributed by atoms with Crippen LogP contribution in [0.4, 0.5) is 32.2 Å². The van der Waals surface area contributed by atoms with E-state index in [1.807, 2.05) is 0 Å². The van der Waals surface area contributed by atoms with Gasteiger partial charge in [0.1, 0.15) is 5.82 Å². The number of benzene rings is 1. The lowest BCUT2D eigenvalue weighted by Crippen LogP contribution is -2.29. The molecule has 2 N–H and O–H groups in total. The van der Waals surface area contributed by atoms with E-state index in [1.54, 1.807) is 0 Å². The molecule has 0 saturated carbocycles. The standard InChI is InChI=1S/C21H16F6N4O2/c1-31(7-11-3-2-10(6-29-11)20(22,23)24)19(32)13-4-12-14-8-33-9-15(14)18(28)30-17(12)5-16(13)21(25,26)27/h2-6H,7-9H2,1H3,(H2,28,30). The van der Waals surface area contributed by atoms with Crippen LogP contribution in [0.2, 0.25) is 0 Å². The topological polar surface area (TPSA) is 81.3 Å². The first-order valence-corrected chi connectivity index (χ1v) is 9.53. The van der Waals surface area contributed by atoms with E-state index in [-0.39, 0.29) is 36.8 Å². The number of halogens is 6. The number of amides is 1. The summed E-state index contributed by atoms with van der Waals surface area (Å²) in [4.78, 5) is 21.6. The van der Waals surface area contributed by atoms with Gasteiger partial charge in [0.25, 0.3) is 5.91 Å². The maximum atomic E-state index is 13.8. The Balaban J connectivity index is 1.72. The van der Waals surface area contributed by atoms with Gasteiger partial charge < -0.3 is 15.4 Å². The molecular formula is C21H16F6N4O2. The van der Waals surface area contributed by atoms with Crippen LogP contribution in [0, 0.1) is 0 Å². The average Bonchev–Trinajstić information content (AvgIpc) is 3.22. The van der Waals surface area contributed by atoms with E-state index in [4.69, 9.17) is 10.5 Å². The first-order chi connectivity index (χ1) is 15.4. The molecule has 0 spiro atoms. The van der Waals surface area contributed by atoms with Crippen molar-refractivity contribution in [2.24, 2.45) is 0 Å². The summed E-state index contributed by atoms with van der Waals surface area (Å²) in [6, 6.07) is 3.73. The van der Waals surface area contributed by atoms with Crippen LogP contribution in [0.25, 0.3) is 10.9 Å². The Morgan fingerprint density at radius 3 is 2.39 bits per heavy atom. The molecule has 1 aliphatic rings. The molecule has 3 heterocycles. The molecule has 0 atom stereocenters. The Bertz CT molecular complexity index is 1240. The summed E-state index contributed by atoms with van der Waals surface area (Å²) in [6.45, 7) is -0.0235. The molecule has 12 heteroatoms. The number of rotatable bonds is 3. The lowest BCUT2D eigenvalue weighted by atomic mass is 9.97. The van der Waals surface area contributed by atoms with Crippen LogP contribution in [0.5, 0.6) is 0 Å². The predicted molar refractivity (Wildman–Crippen MR) is 105 cm³/mol. The van der Waals surface area contributed by atoms with Gasteiger partial charge in [-0.2, -0.15) is 26.3 Å². The lowest BCUT2D eigenvalue weighted by molar-refractivity contribution is -0.138. The molecule has 2 aromatic heterocycles. The molecule has 1 amide bonds. The van der Waals surface area contributed by atoms with Gasteiger partial charge in [-0.1, -0.05) is 0 Å². The highest BCUT2D eigenvalue weighted by molar-refractivity contribution is 6.01. The fraction of sp³-hybridized carbons (Fsp3) is 0.286. The monoisotopic (exact) mass is 470 g/mol. The second-order valence-electron chi connectivity index (χ2n) is 7.56. The number of hydrogen-bond donors (Lipinski definition) is 1.